The summed E-state index contributed by atoms with van der Waals surface area (Å²) in [6, 6.07) is 10.2. The number of aromatic hydroxyl groups is 1. The molecule has 0 heterocycles. The fourth-order valence-corrected chi connectivity index (χ4v) is 1.74. The van der Waals surface area contributed by atoms with Crippen molar-refractivity contribution in [2.24, 2.45) is 5.10 Å². The maximum atomic E-state index is 11.8. The Balaban J connectivity index is 2.04. The van der Waals surface area contributed by atoms with Gasteiger partial charge in [0.05, 0.1) is 18.2 Å². The molecule has 0 radical (unpaired) electrons. The van der Waals surface area contributed by atoms with Gasteiger partial charge in [-0.2, -0.15) is 5.10 Å². The number of hydrazone groups is 1. The van der Waals surface area contributed by atoms with Crippen molar-refractivity contribution in [1.29, 1.82) is 0 Å². The molecule has 23 heavy (non-hydrogen) atoms. The van der Waals surface area contributed by atoms with Crippen molar-refractivity contribution in [3.05, 3.63) is 63.7 Å². The lowest BCUT2D eigenvalue weighted by atomic mass is 10.2. The molecule has 2 N–H and O–H groups in total. The SMILES string of the molecule is COc1ccc(C(=O)N/N=C/c2ccc(O)c([N+](=O)[O-])c2)cc1. The quantitative estimate of drug-likeness (QED) is 0.498. The number of methoxy groups -OCH3 is 1. The predicted molar refractivity (Wildman–Crippen MR) is 82.8 cm³/mol. The smallest absolute Gasteiger partial charge is 0.311 e. The van der Waals surface area contributed by atoms with E-state index in [2.05, 4.69) is 10.5 Å². The van der Waals surface area contributed by atoms with Crippen LogP contribution in [0.3, 0.4) is 0 Å². The summed E-state index contributed by atoms with van der Waals surface area (Å²) < 4.78 is 4.99. The van der Waals surface area contributed by atoms with E-state index in [-0.39, 0.29) is 0 Å². The van der Waals surface area contributed by atoms with Crippen molar-refractivity contribution in [2.45, 2.75) is 0 Å². The lowest BCUT2D eigenvalue weighted by Gasteiger charge is -2.02. The van der Waals surface area contributed by atoms with Crippen molar-refractivity contribution in [1.82, 2.24) is 5.43 Å². The highest BCUT2D eigenvalue weighted by Gasteiger charge is 2.12. The molecule has 0 saturated heterocycles. The van der Waals surface area contributed by atoms with Crippen LogP contribution >= 0.6 is 0 Å². The maximum Gasteiger partial charge on any atom is 0.311 e. The minimum atomic E-state index is -0.706. The van der Waals surface area contributed by atoms with E-state index in [0.717, 1.165) is 6.07 Å². The van der Waals surface area contributed by atoms with Gasteiger partial charge in [-0.05, 0) is 36.4 Å². The Hall–Kier alpha value is -3.42. The monoisotopic (exact) mass is 315 g/mol. The first-order chi connectivity index (χ1) is 11.0. The van der Waals surface area contributed by atoms with Crippen molar-refractivity contribution in [3.8, 4) is 11.5 Å². The molecule has 0 aliphatic rings. The van der Waals surface area contributed by atoms with Gasteiger partial charge in [-0.1, -0.05) is 0 Å². The maximum absolute atomic E-state index is 11.8. The molecular formula is C15H13N3O5. The Morgan fingerprint density at radius 1 is 1.30 bits per heavy atom. The van der Waals surface area contributed by atoms with Gasteiger partial charge in [0, 0.05) is 17.2 Å². The molecule has 0 unspecified atom stereocenters. The number of ether oxygens (including phenoxy) is 1. The average molecular weight is 315 g/mol. The number of carbonyl (C=O) groups excluding carboxylic acids is 1. The zero-order chi connectivity index (χ0) is 16.8. The van der Waals surface area contributed by atoms with E-state index in [9.17, 15) is 20.0 Å². The molecule has 0 spiro atoms. The second-order valence-electron chi connectivity index (χ2n) is 4.43. The lowest BCUT2D eigenvalue weighted by Crippen LogP contribution is -2.17. The molecule has 0 aliphatic heterocycles. The largest absolute Gasteiger partial charge is 0.502 e. The van der Waals surface area contributed by atoms with Crippen LogP contribution in [0.5, 0.6) is 11.5 Å². The molecule has 8 nitrogen and oxygen atoms in total. The minimum absolute atomic E-state index is 0.365. The fourth-order valence-electron chi connectivity index (χ4n) is 1.74. The van der Waals surface area contributed by atoms with E-state index in [0.29, 0.717) is 16.9 Å². The molecule has 2 rings (SSSR count). The van der Waals surface area contributed by atoms with Gasteiger partial charge in [0.15, 0.2) is 5.75 Å². The van der Waals surface area contributed by atoms with Gasteiger partial charge >= 0.3 is 5.69 Å². The van der Waals surface area contributed by atoms with Crippen molar-refractivity contribution < 1.29 is 19.6 Å². The Bertz CT molecular complexity index is 756. The number of nitro groups is 1. The Kier molecular flexibility index (Phi) is 4.88. The highest BCUT2D eigenvalue weighted by Crippen LogP contribution is 2.25. The van der Waals surface area contributed by atoms with E-state index < -0.39 is 22.3 Å². The number of hydrogen-bond acceptors (Lipinski definition) is 6. The molecule has 8 heteroatoms. The molecule has 0 atom stereocenters. The summed E-state index contributed by atoms with van der Waals surface area (Å²) in [6.45, 7) is 0. The van der Waals surface area contributed by atoms with Crippen LogP contribution in [0.2, 0.25) is 0 Å². The van der Waals surface area contributed by atoms with Crippen LogP contribution in [0.15, 0.2) is 47.6 Å². The molecule has 0 aliphatic carbocycles. The van der Waals surface area contributed by atoms with E-state index in [4.69, 9.17) is 4.74 Å². The van der Waals surface area contributed by atoms with Gasteiger partial charge in [0.2, 0.25) is 0 Å². The Labute approximate surface area is 131 Å². The van der Waals surface area contributed by atoms with Crippen LogP contribution in [0.4, 0.5) is 5.69 Å². The third kappa shape index (κ3) is 4.03. The van der Waals surface area contributed by atoms with Crippen molar-refractivity contribution in [3.63, 3.8) is 0 Å². The van der Waals surface area contributed by atoms with Crippen molar-refractivity contribution >= 4 is 17.8 Å². The molecule has 2 aromatic carbocycles. The highest BCUT2D eigenvalue weighted by molar-refractivity contribution is 5.95. The number of carbonyl (C=O) groups is 1. The van der Waals surface area contributed by atoms with Gasteiger partial charge in [-0.3, -0.25) is 14.9 Å². The number of phenolic OH excluding ortho intramolecular Hbond substituents is 1. The average Bonchev–Trinajstić information content (AvgIpc) is 2.56. The van der Waals surface area contributed by atoms with Crippen LogP contribution in [0.25, 0.3) is 0 Å². The predicted octanol–water partition coefficient (Wildman–Crippen LogP) is 2.07. The van der Waals surface area contributed by atoms with E-state index in [1.165, 1.54) is 25.5 Å². The summed E-state index contributed by atoms with van der Waals surface area (Å²) in [6.07, 6.45) is 1.24. The zero-order valence-electron chi connectivity index (χ0n) is 12.1. The summed E-state index contributed by atoms with van der Waals surface area (Å²) in [5.41, 5.74) is 2.62. The van der Waals surface area contributed by atoms with E-state index in [1.807, 2.05) is 0 Å². The highest BCUT2D eigenvalue weighted by atomic mass is 16.6. The van der Waals surface area contributed by atoms with E-state index >= 15 is 0 Å². The minimum Gasteiger partial charge on any atom is -0.502 e. The summed E-state index contributed by atoms with van der Waals surface area (Å²) >= 11 is 0. The van der Waals surface area contributed by atoms with E-state index in [1.54, 1.807) is 24.3 Å². The Morgan fingerprint density at radius 3 is 2.61 bits per heavy atom. The first-order valence-electron chi connectivity index (χ1n) is 6.46. The molecular weight excluding hydrogens is 302 g/mol. The van der Waals surface area contributed by atoms with Crippen LogP contribution in [-0.2, 0) is 0 Å². The summed E-state index contributed by atoms with van der Waals surface area (Å²) in [5, 5.41) is 23.8. The third-order valence-corrected chi connectivity index (χ3v) is 2.93. The molecule has 2 aromatic rings. The fraction of sp³-hybridized carbons (Fsp3) is 0.0667. The second-order valence-corrected chi connectivity index (χ2v) is 4.43. The molecule has 0 aromatic heterocycles. The number of amides is 1. The van der Waals surface area contributed by atoms with Crippen molar-refractivity contribution in [2.75, 3.05) is 7.11 Å². The molecule has 1 amide bonds. The number of benzene rings is 2. The second kappa shape index (κ2) is 7.03. The topological polar surface area (TPSA) is 114 Å². The Morgan fingerprint density at radius 2 is 2.00 bits per heavy atom. The lowest BCUT2D eigenvalue weighted by molar-refractivity contribution is -0.385. The number of nitrogens with one attached hydrogen (secondary N) is 1. The van der Waals surface area contributed by atoms with Gasteiger partial charge in [-0.15, -0.1) is 0 Å². The summed E-state index contributed by atoms with van der Waals surface area (Å²) in [4.78, 5) is 21.9. The van der Waals surface area contributed by atoms with Gasteiger partial charge in [0.25, 0.3) is 5.91 Å². The molecule has 0 saturated carbocycles. The number of rotatable bonds is 5. The number of nitro benzene ring substituents is 1. The first-order valence-corrected chi connectivity index (χ1v) is 6.46. The van der Waals surface area contributed by atoms with Gasteiger partial charge in [0.1, 0.15) is 5.75 Å². The molecule has 0 fully saturated rings. The third-order valence-electron chi connectivity index (χ3n) is 2.93. The molecule has 0 bridgehead atoms. The number of nitrogens with zero attached hydrogens (tertiary/aromatic N) is 2. The van der Waals surface area contributed by atoms with Crippen LogP contribution in [0, 0.1) is 10.1 Å². The molecule has 118 valence electrons. The van der Waals surface area contributed by atoms with Gasteiger partial charge in [-0.25, -0.2) is 5.43 Å². The normalized spacial score (nSPS) is 10.5. The van der Waals surface area contributed by atoms with Crippen LogP contribution < -0.4 is 10.2 Å². The summed E-state index contributed by atoms with van der Waals surface area (Å²) in [5.74, 6) is -0.243. The standard InChI is InChI=1S/C15H13N3O5/c1-23-12-5-3-11(4-6-12)15(20)17-16-9-10-2-7-14(19)13(8-10)18(21)22/h2-9,19H,1H3,(H,17,20)/b16-9+. The number of phenols is 1. The first kappa shape index (κ1) is 16.0. The summed E-state index contributed by atoms with van der Waals surface area (Å²) in [7, 11) is 1.52. The number of hydrogen-bond donors (Lipinski definition) is 2. The van der Waals surface area contributed by atoms with Gasteiger partial charge < -0.3 is 9.84 Å². The zero-order valence-corrected chi connectivity index (χ0v) is 12.1. The van der Waals surface area contributed by atoms with Crippen LogP contribution in [-0.4, -0.2) is 29.3 Å². The van der Waals surface area contributed by atoms with Crippen LogP contribution in [0.1, 0.15) is 15.9 Å².